The summed E-state index contributed by atoms with van der Waals surface area (Å²) in [7, 11) is 0. The van der Waals surface area contributed by atoms with Crippen molar-refractivity contribution in [1.29, 1.82) is 0 Å². The van der Waals surface area contributed by atoms with Gasteiger partial charge < -0.3 is 5.32 Å². The number of halogens is 3. The molecule has 0 aliphatic rings. The van der Waals surface area contributed by atoms with Crippen molar-refractivity contribution in [2.75, 3.05) is 11.9 Å². The summed E-state index contributed by atoms with van der Waals surface area (Å²) < 4.78 is 37.6. The Balaban J connectivity index is 2.91. The monoisotopic (exact) mass is 246 g/mol. The van der Waals surface area contributed by atoms with Crippen LogP contribution in [0.3, 0.4) is 0 Å². The predicted octanol–water partition coefficient (Wildman–Crippen LogP) is 3.87. The number of aromatic nitrogens is 1. The van der Waals surface area contributed by atoms with E-state index in [2.05, 4.69) is 10.3 Å². The minimum absolute atomic E-state index is 0.0101. The van der Waals surface area contributed by atoms with Gasteiger partial charge in [0.05, 0.1) is 0 Å². The van der Waals surface area contributed by atoms with Crippen LogP contribution in [0, 0.1) is 12.3 Å². The maximum atomic E-state index is 12.5. The smallest absolute Gasteiger partial charge is 0.370 e. The Morgan fingerprint density at radius 3 is 2.24 bits per heavy atom. The molecule has 0 aliphatic heterocycles. The third-order valence-corrected chi connectivity index (χ3v) is 2.06. The molecule has 0 saturated heterocycles. The second kappa shape index (κ2) is 4.55. The Bertz CT molecular complexity index is 392. The van der Waals surface area contributed by atoms with Gasteiger partial charge in [-0.15, -0.1) is 0 Å². The minimum atomic E-state index is -4.40. The zero-order valence-electron chi connectivity index (χ0n) is 10.4. The van der Waals surface area contributed by atoms with Crippen molar-refractivity contribution in [3.63, 3.8) is 0 Å². The molecule has 0 fully saturated rings. The van der Waals surface area contributed by atoms with Gasteiger partial charge in [-0.25, -0.2) is 4.98 Å². The zero-order chi connectivity index (χ0) is 13.3. The van der Waals surface area contributed by atoms with Crippen LogP contribution in [-0.4, -0.2) is 11.5 Å². The van der Waals surface area contributed by atoms with E-state index in [4.69, 9.17) is 0 Å². The minimum Gasteiger partial charge on any atom is -0.370 e. The van der Waals surface area contributed by atoms with Gasteiger partial charge >= 0.3 is 6.18 Å². The van der Waals surface area contributed by atoms with Crippen molar-refractivity contribution in [3.05, 3.63) is 23.4 Å². The molecule has 0 amide bonds. The highest BCUT2D eigenvalue weighted by Gasteiger charge is 2.33. The van der Waals surface area contributed by atoms with E-state index in [1.807, 2.05) is 20.8 Å². The lowest BCUT2D eigenvalue weighted by Crippen LogP contribution is -2.20. The lowest BCUT2D eigenvalue weighted by atomic mass is 9.97. The number of aryl methyl sites for hydroxylation is 1. The molecule has 0 bridgehead atoms. The Hall–Kier alpha value is -1.26. The molecule has 0 radical (unpaired) electrons. The van der Waals surface area contributed by atoms with E-state index in [0.717, 1.165) is 6.07 Å². The first kappa shape index (κ1) is 13.8. The molecule has 1 rings (SSSR count). The number of anilines is 1. The molecule has 0 unspecified atom stereocenters. The molecule has 17 heavy (non-hydrogen) atoms. The number of nitrogens with zero attached hydrogens (tertiary/aromatic N) is 1. The van der Waals surface area contributed by atoms with Crippen molar-refractivity contribution < 1.29 is 13.2 Å². The fraction of sp³-hybridized carbons (Fsp3) is 0.583. The van der Waals surface area contributed by atoms with E-state index in [0.29, 0.717) is 12.1 Å². The van der Waals surface area contributed by atoms with Crippen molar-refractivity contribution in [3.8, 4) is 0 Å². The molecule has 1 aromatic heterocycles. The van der Waals surface area contributed by atoms with Crippen LogP contribution in [-0.2, 0) is 6.18 Å². The van der Waals surface area contributed by atoms with Crippen LogP contribution in [0.25, 0.3) is 0 Å². The Morgan fingerprint density at radius 1 is 1.18 bits per heavy atom. The van der Waals surface area contributed by atoms with Crippen LogP contribution in [0.15, 0.2) is 12.1 Å². The summed E-state index contributed by atoms with van der Waals surface area (Å²) in [5.74, 6) is 0.271. The zero-order valence-corrected chi connectivity index (χ0v) is 10.4. The number of alkyl halides is 3. The Kier molecular flexibility index (Phi) is 3.69. The predicted molar refractivity (Wildman–Crippen MR) is 61.9 cm³/mol. The van der Waals surface area contributed by atoms with Gasteiger partial charge in [0.2, 0.25) is 0 Å². The highest BCUT2D eigenvalue weighted by molar-refractivity contribution is 5.40. The quantitative estimate of drug-likeness (QED) is 0.856. The molecule has 1 heterocycles. The van der Waals surface area contributed by atoms with Crippen molar-refractivity contribution in [1.82, 2.24) is 4.98 Å². The summed E-state index contributed by atoms with van der Waals surface area (Å²) in [5, 5.41) is 2.93. The van der Waals surface area contributed by atoms with E-state index >= 15 is 0 Å². The van der Waals surface area contributed by atoms with Crippen molar-refractivity contribution in [2.24, 2.45) is 5.41 Å². The number of hydrogen-bond acceptors (Lipinski definition) is 2. The summed E-state index contributed by atoms with van der Waals surface area (Å²) in [6, 6.07) is 2.66. The van der Waals surface area contributed by atoms with Crippen molar-refractivity contribution >= 4 is 5.82 Å². The maximum Gasteiger partial charge on any atom is 0.433 e. The highest BCUT2D eigenvalue weighted by Crippen LogP contribution is 2.29. The Morgan fingerprint density at radius 2 is 1.76 bits per heavy atom. The standard InChI is InChI=1S/C12H17F3N2/c1-8-5-9(12(13,14)15)17-10(6-8)16-7-11(2,3)4/h5-6H,7H2,1-4H3,(H,16,17). The highest BCUT2D eigenvalue weighted by atomic mass is 19.4. The lowest BCUT2D eigenvalue weighted by molar-refractivity contribution is -0.141. The normalized spacial score (nSPS) is 12.6. The van der Waals surface area contributed by atoms with Crippen LogP contribution in [0.2, 0.25) is 0 Å². The summed E-state index contributed by atoms with van der Waals surface area (Å²) in [5.41, 5.74) is -0.318. The van der Waals surface area contributed by atoms with E-state index in [1.165, 1.54) is 0 Å². The molecule has 2 nitrogen and oxygen atoms in total. The van der Waals surface area contributed by atoms with Gasteiger partial charge in [0.25, 0.3) is 0 Å². The number of rotatable bonds is 2. The van der Waals surface area contributed by atoms with Gasteiger partial charge in [-0.2, -0.15) is 13.2 Å². The molecule has 1 aromatic rings. The topological polar surface area (TPSA) is 24.9 Å². The molecule has 0 aromatic carbocycles. The number of nitrogens with one attached hydrogen (secondary N) is 1. The van der Waals surface area contributed by atoms with Crippen LogP contribution in [0.1, 0.15) is 32.0 Å². The molecule has 1 N–H and O–H groups in total. The molecule has 0 saturated carbocycles. The van der Waals surface area contributed by atoms with Gasteiger partial charge in [-0.1, -0.05) is 20.8 Å². The maximum absolute atomic E-state index is 12.5. The van der Waals surface area contributed by atoms with Crippen LogP contribution in [0.4, 0.5) is 19.0 Å². The molecular weight excluding hydrogens is 229 g/mol. The largest absolute Gasteiger partial charge is 0.433 e. The van der Waals surface area contributed by atoms with Crippen LogP contribution < -0.4 is 5.32 Å². The first-order chi connectivity index (χ1) is 7.58. The fourth-order valence-electron chi connectivity index (χ4n) is 1.26. The molecule has 5 heteroatoms. The molecular formula is C12H17F3N2. The second-order valence-electron chi connectivity index (χ2n) is 5.33. The van der Waals surface area contributed by atoms with E-state index in [9.17, 15) is 13.2 Å². The lowest BCUT2D eigenvalue weighted by Gasteiger charge is -2.20. The van der Waals surface area contributed by atoms with E-state index in [-0.39, 0.29) is 11.2 Å². The molecule has 96 valence electrons. The van der Waals surface area contributed by atoms with Gasteiger partial charge in [0.1, 0.15) is 11.5 Å². The summed E-state index contributed by atoms with van der Waals surface area (Å²) in [6.07, 6.45) is -4.40. The third-order valence-electron chi connectivity index (χ3n) is 2.06. The van der Waals surface area contributed by atoms with E-state index < -0.39 is 11.9 Å². The average molecular weight is 246 g/mol. The summed E-state index contributed by atoms with van der Waals surface area (Å²) >= 11 is 0. The fourth-order valence-corrected chi connectivity index (χ4v) is 1.26. The second-order valence-corrected chi connectivity index (χ2v) is 5.33. The number of hydrogen-bond donors (Lipinski definition) is 1. The van der Waals surface area contributed by atoms with Gasteiger partial charge in [0.15, 0.2) is 0 Å². The van der Waals surface area contributed by atoms with Crippen molar-refractivity contribution in [2.45, 2.75) is 33.9 Å². The molecule has 0 atom stereocenters. The van der Waals surface area contributed by atoms with Gasteiger partial charge in [-0.3, -0.25) is 0 Å². The number of pyridine rings is 1. The average Bonchev–Trinajstić information content (AvgIpc) is 2.11. The summed E-state index contributed by atoms with van der Waals surface area (Å²) in [6.45, 7) is 8.20. The molecule has 0 spiro atoms. The van der Waals surface area contributed by atoms with Gasteiger partial charge in [0, 0.05) is 6.54 Å². The molecule has 0 aliphatic carbocycles. The van der Waals surface area contributed by atoms with E-state index in [1.54, 1.807) is 13.0 Å². The Labute approximate surface area is 99.3 Å². The van der Waals surface area contributed by atoms with Crippen LogP contribution >= 0.6 is 0 Å². The van der Waals surface area contributed by atoms with Crippen LogP contribution in [0.5, 0.6) is 0 Å². The first-order valence-corrected chi connectivity index (χ1v) is 5.38. The SMILES string of the molecule is Cc1cc(NCC(C)(C)C)nc(C(F)(F)F)c1. The first-order valence-electron chi connectivity index (χ1n) is 5.38. The third kappa shape index (κ3) is 4.63. The summed E-state index contributed by atoms with van der Waals surface area (Å²) in [4.78, 5) is 3.57. The van der Waals surface area contributed by atoms with Gasteiger partial charge in [-0.05, 0) is 30.0 Å².